The van der Waals surface area contributed by atoms with Crippen LogP contribution in [-0.4, -0.2) is 11.6 Å². The zero-order valence-electron chi connectivity index (χ0n) is 8.71. The summed E-state index contributed by atoms with van der Waals surface area (Å²) in [5, 5.41) is 0.688. The van der Waals surface area contributed by atoms with Crippen LogP contribution in [0.25, 0.3) is 0 Å². The van der Waals surface area contributed by atoms with Crippen LogP contribution >= 0.6 is 39.7 Å². The highest BCUT2D eigenvalue weighted by molar-refractivity contribution is 9.10. The lowest BCUT2D eigenvalue weighted by molar-refractivity contribution is 0.306. The molecule has 5 heteroatoms. The molecule has 1 rings (SSSR count). The Kier molecular flexibility index (Phi) is 6.09. The smallest absolute Gasteiger partial charge is 0.133 e. The van der Waals surface area contributed by atoms with E-state index >= 15 is 0 Å². The van der Waals surface area contributed by atoms with E-state index in [9.17, 15) is 0 Å². The quantitative estimate of drug-likeness (QED) is 0.636. The van der Waals surface area contributed by atoms with Gasteiger partial charge in [0.1, 0.15) is 5.75 Å². The third kappa shape index (κ3) is 5.14. The number of thiocarbonyl (C=S) groups is 1. The summed E-state index contributed by atoms with van der Waals surface area (Å²) in [6, 6.07) is 5.46. The molecule has 0 amide bonds. The lowest BCUT2D eigenvalue weighted by atomic mass is 10.2. The first-order chi connectivity index (χ1) is 7.59. The number of unbranched alkanes of at least 4 members (excludes halogenated alkanes) is 1. The molecule has 88 valence electrons. The Balaban J connectivity index is 2.29. The Morgan fingerprint density at radius 3 is 2.81 bits per heavy atom. The zero-order valence-corrected chi connectivity index (χ0v) is 11.9. The molecule has 1 aromatic rings. The first-order valence-corrected chi connectivity index (χ1v) is 6.53. The van der Waals surface area contributed by atoms with Crippen molar-refractivity contribution >= 4 is 44.7 Å². The van der Waals surface area contributed by atoms with E-state index in [1.807, 2.05) is 12.1 Å². The normalized spacial score (nSPS) is 10.1. The van der Waals surface area contributed by atoms with E-state index in [1.165, 1.54) is 0 Å². The van der Waals surface area contributed by atoms with Gasteiger partial charge in [-0.05, 0) is 53.4 Å². The molecule has 0 aliphatic rings. The maximum atomic E-state index is 5.82. The highest BCUT2D eigenvalue weighted by Gasteiger charge is 2.01. The van der Waals surface area contributed by atoms with E-state index < -0.39 is 0 Å². The van der Waals surface area contributed by atoms with Crippen molar-refractivity contribution in [2.45, 2.75) is 19.3 Å². The molecule has 16 heavy (non-hydrogen) atoms. The van der Waals surface area contributed by atoms with Crippen molar-refractivity contribution in [2.75, 3.05) is 6.61 Å². The van der Waals surface area contributed by atoms with Gasteiger partial charge in [0.15, 0.2) is 0 Å². The SMILES string of the molecule is NC(=S)CCCCOc1ccc(Cl)cc1Br. The van der Waals surface area contributed by atoms with Crippen LogP contribution in [0.15, 0.2) is 22.7 Å². The molecule has 0 radical (unpaired) electrons. The second-order valence-corrected chi connectivity index (χ2v) is 5.16. The van der Waals surface area contributed by atoms with Gasteiger partial charge in [0.25, 0.3) is 0 Å². The van der Waals surface area contributed by atoms with Gasteiger partial charge in [-0.2, -0.15) is 0 Å². The van der Waals surface area contributed by atoms with Crippen molar-refractivity contribution in [3.63, 3.8) is 0 Å². The Bertz CT molecular complexity index is 373. The van der Waals surface area contributed by atoms with Crippen LogP contribution in [0.2, 0.25) is 5.02 Å². The van der Waals surface area contributed by atoms with Crippen LogP contribution in [0.5, 0.6) is 5.75 Å². The van der Waals surface area contributed by atoms with Crippen LogP contribution in [0.4, 0.5) is 0 Å². The van der Waals surface area contributed by atoms with Gasteiger partial charge in [-0.1, -0.05) is 23.8 Å². The van der Waals surface area contributed by atoms with E-state index in [0.29, 0.717) is 16.6 Å². The topological polar surface area (TPSA) is 35.2 Å². The first kappa shape index (κ1) is 13.7. The summed E-state index contributed by atoms with van der Waals surface area (Å²) in [5.41, 5.74) is 5.40. The van der Waals surface area contributed by atoms with Crippen LogP contribution < -0.4 is 10.5 Å². The molecular weight excluding hydrogens is 310 g/mol. The fraction of sp³-hybridized carbons (Fsp3) is 0.364. The molecule has 2 nitrogen and oxygen atoms in total. The molecule has 0 fully saturated rings. The monoisotopic (exact) mass is 321 g/mol. The molecule has 0 spiro atoms. The molecule has 0 bridgehead atoms. The van der Waals surface area contributed by atoms with Crippen molar-refractivity contribution < 1.29 is 4.74 Å². The lowest BCUT2D eigenvalue weighted by Gasteiger charge is -2.08. The Labute approximate surface area is 114 Å². The second kappa shape index (κ2) is 7.09. The molecule has 0 atom stereocenters. The highest BCUT2D eigenvalue weighted by atomic mass is 79.9. The average molecular weight is 323 g/mol. The molecule has 0 heterocycles. The maximum absolute atomic E-state index is 5.82. The standard InChI is InChI=1S/C11H13BrClNOS/c12-9-7-8(13)4-5-10(9)15-6-2-1-3-11(14)16/h4-5,7H,1-3,6H2,(H2,14,16). The lowest BCUT2D eigenvalue weighted by Crippen LogP contribution is -2.08. The third-order valence-electron chi connectivity index (χ3n) is 1.97. The zero-order chi connectivity index (χ0) is 12.0. The summed E-state index contributed by atoms with van der Waals surface area (Å²) < 4.78 is 6.45. The summed E-state index contributed by atoms with van der Waals surface area (Å²) >= 11 is 14.0. The summed E-state index contributed by atoms with van der Waals surface area (Å²) in [6.45, 7) is 0.656. The van der Waals surface area contributed by atoms with Crippen molar-refractivity contribution in [1.29, 1.82) is 0 Å². The number of hydrogen-bond donors (Lipinski definition) is 1. The molecule has 0 saturated carbocycles. The van der Waals surface area contributed by atoms with Gasteiger partial charge < -0.3 is 10.5 Å². The Morgan fingerprint density at radius 2 is 2.19 bits per heavy atom. The Morgan fingerprint density at radius 1 is 1.44 bits per heavy atom. The van der Waals surface area contributed by atoms with Gasteiger partial charge in [0.2, 0.25) is 0 Å². The number of benzene rings is 1. The van der Waals surface area contributed by atoms with Gasteiger partial charge in [-0.3, -0.25) is 0 Å². The number of ether oxygens (including phenoxy) is 1. The minimum absolute atomic E-state index is 0.563. The van der Waals surface area contributed by atoms with Crippen molar-refractivity contribution in [3.8, 4) is 5.75 Å². The summed E-state index contributed by atoms with van der Waals surface area (Å²) in [6.07, 6.45) is 2.67. The van der Waals surface area contributed by atoms with Crippen LogP contribution in [0.3, 0.4) is 0 Å². The summed E-state index contributed by atoms with van der Waals surface area (Å²) in [4.78, 5) is 0.563. The van der Waals surface area contributed by atoms with Gasteiger partial charge in [0.05, 0.1) is 16.1 Å². The number of hydrogen-bond acceptors (Lipinski definition) is 2. The second-order valence-electron chi connectivity index (χ2n) is 3.35. The average Bonchev–Trinajstić information content (AvgIpc) is 2.20. The molecule has 0 aliphatic heterocycles. The van der Waals surface area contributed by atoms with Gasteiger partial charge in [-0.15, -0.1) is 0 Å². The highest BCUT2D eigenvalue weighted by Crippen LogP contribution is 2.28. The minimum Gasteiger partial charge on any atom is -0.492 e. The molecule has 0 aromatic heterocycles. The van der Waals surface area contributed by atoms with Gasteiger partial charge in [-0.25, -0.2) is 0 Å². The van der Waals surface area contributed by atoms with Gasteiger partial charge >= 0.3 is 0 Å². The van der Waals surface area contributed by atoms with Crippen molar-refractivity contribution in [3.05, 3.63) is 27.7 Å². The fourth-order valence-corrected chi connectivity index (χ4v) is 2.12. The number of nitrogens with two attached hydrogens (primary N) is 1. The minimum atomic E-state index is 0.563. The van der Waals surface area contributed by atoms with Crippen molar-refractivity contribution in [1.82, 2.24) is 0 Å². The van der Waals surface area contributed by atoms with Crippen LogP contribution in [0, 0.1) is 0 Å². The predicted molar refractivity (Wildman–Crippen MR) is 75.3 cm³/mol. The molecule has 2 N–H and O–H groups in total. The van der Waals surface area contributed by atoms with Gasteiger partial charge in [0, 0.05) is 5.02 Å². The van der Waals surface area contributed by atoms with E-state index in [0.717, 1.165) is 29.5 Å². The first-order valence-electron chi connectivity index (χ1n) is 4.96. The van der Waals surface area contributed by atoms with E-state index in [2.05, 4.69) is 15.9 Å². The number of halogens is 2. The fourth-order valence-electron chi connectivity index (χ4n) is 1.18. The largest absolute Gasteiger partial charge is 0.492 e. The number of rotatable bonds is 6. The van der Waals surface area contributed by atoms with Crippen LogP contribution in [0.1, 0.15) is 19.3 Å². The van der Waals surface area contributed by atoms with E-state index in [4.69, 9.17) is 34.3 Å². The molecule has 0 aliphatic carbocycles. The molecule has 0 unspecified atom stereocenters. The molecular formula is C11H13BrClNOS. The summed E-state index contributed by atoms with van der Waals surface area (Å²) in [5.74, 6) is 0.805. The summed E-state index contributed by atoms with van der Waals surface area (Å²) in [7, 11) is 0. The predicted octanol–water partition coefficient (Wildman–Crippen LogP) is 3.94. The van der Waals surface area contributed by atoms with Crippen molar-refractivity contribution in [2.24, 2.45) is 5.73 Å². The van der Waals surface area contributed by atoms with Crippen LogP contribution in [-0.2, 0) is 0 Å². The molecule has 1 aromatic carbocycles. The molecule has 0 saturated heterocycles. The Hall–Kier alpha value is -0.320. The third-order valence-corrected chi connectivity index (χ3v) is 3.03. The van der Waals surface area contributed by atoms with E-state index in [1.54, 1.807) is 6.07 Å². The maximum Gasteiger partial charge on any atom is 0.133 e. The van der Waals surface area contributed by atoms with E-state index in [-0.39, 0.29) is 0 Å².